The summed E-state index contributed by atoms with van der Waals surface area (Å²) in [6.07, 6.45) is 8.91. The lowest BCUT2D eigenvalue weighted by atomic mass is 10.1. The Balaban J connectivity index is 2.34. The van der Waals surface area contributed by atoms with E-state index in [2.05, 4.69) is 60.0 Å². The van der Waals surface area contributed by atoms with Gasteiger partial charge in [-0.2, -0.15) is 0 Å². The molecule has 0 fully saturated rings. The molecular formula is C22H40O4Si2. The largest absolute Gasteiger partial charge is 0.470 e. The predicted molar refractivity (Wildman–Crippen MR) is 122 cm³/mol. The fraction of sp³-hybridized carbons (Fsp3) is 0.727. The SMILES string of the molecule is CC(C)[Si](C)(C)OC1C=C(C/C=C\CCCOC(=O)[Si](C)(C)C(C)C)C(=O)C1. The summed E-state index contributed by atoms with van der Waals surface area (Å²) >= 11 is 0. The zero-order valence-corrected chi connectivity index (χ0v) is 21.1. The average Bonchev–Trinajstić information content (AvgIpc) is 2.91. The van der Waals surface area contributed by atoms with Gasteiger partial charge in [-0.05, 0) is 55.1 Å². The van der Waals surface area contributed by atoms with E-state index in [4.69, 9.17) is 9.16 Å². The number of hydrogen-bond acceptors (Lipinski definition) is 4. The van der Waals surface area contributed by atoms with Crippen LogP contribution in [0.2, 0.25) is 37.3 Å². The van der Waals surface area contributed by atoms with Crippen molar-refractivity contribution < 1.29 is 18.8 Å². The normalized spacial score (nSPS) is 18.4. The number of rotatable bonds is 11. The number of allylic oxidation sites excluding steroid dienone is 3. The van der Waals surface area contributed by atoms with Gasteiger partial charge in [0, 0.05) is 6.42 Å². The first-order valence-corrected chi connectivity index (χ1v) is 16.7. The van der Waals surface area contributed by atoms with Crippen LogP contribution in [-0.4, -0.2) is 40.5 Å². The van der Waals surface area contributed by atoms with Crippen molar-refractivity contribution in [1.29, 1.82) is 0 Å². The highest BCUT2D eigenvalue weighted by atomic mass is 28.4. The Bertz CT molecular complexity index is 604. The van der Waals surface area contributed by atoms with Crippen molar-refractivity contribution in [1.82, 2.24) is 0 Å². The third-order valence-electron chi connectivity index (χ3n) is 6.20. The Morgan fingerprint density at radius 3 is 2.36 bits per heavy atom. The summed E-state index contributed by atoms with van der Waals surface area (Å²) < 4.78 is 11.7. The molecule has 0 aromatic carbocycles. The van der Waals surface area contributed by atoms with E-state index in [1.54, 1.807) is 0 Å². The van der Waals surface area contributed by atoms with Crippen molar-refractivity contribution in [2.24, 2.45) is 0 Å². The van der Waals surface area contributed by atoms with Crippen LogP contribution < -0.4 is 0 Å². The van der Waals surface area contributed by atoms with Crippen molar-refractivity contribution >= 4 is 27.8 Å². The monoisotopic (exact) mass is 424 g/mol. The van der Waals surface area contributed by atoms with Gasteiger partial charge >= 0.3 is 0 Å². The minimum absolute atomic E-state index is 0.00658. The lowest BCUT2D eigenvalue weighted by molar-refractivity contribution is -0.115. The summed E-state index contributed by atoms with van der Waals surface area (Å²) in [5.41, 5.74) is 1.79. The maximum Gasteiger partial charge on any atom is 0.271 e. The molecule has 0 aromatic heterocycles. The van der Waals surface area contributed by atoms with Gasteiger partial charge in [-0.1, -0.05) is 52.9 Å². The number of unbranched alkanes of at least 4 members (excludes halogenated alkanes) is 1. The molecule has 0 heterocycles. The Labute approximate surface area is 173 Å². The van der Waals surface area contributed by atoms with Crippen LogP contribution in [0.25, 0.3) is 0 Å². The maximum atomic E-state index is 12.2. The average molecular weight is 425 g/mol. The Hall–Kier alpha value is -0.986. The van der Waals surface area contributed by atoms with Crippen molar-refractivity contribution in [2.75, 3.05) is 6.61 Å². The summed E-state index contributed by atoms with van der Waals surface area (Å²) in [6, 6.07) is 0. The molecule has 6 heteroatoms. The molecule has 0 saturated carbocycles. The summed E-state index contributed by atoms with van der Waals surface area (Å²) in [6.45, 7) is 17.6. The van der Waals surface area contributed by atoms with Crippen LogP contribution in [0, 0.1) is 0 Å². The quantitative estimate of drug-likeness (QED) is 0.217. The van der Waals surface area contributed by atoms with Crippen LogP contribution in [0.1, 0.15) is 53.4 Å². The standard InChI is InChI=1S/C22H40O4Si2/c1-17(2)27(5,6)22(24)25-14-12-10-9-11-13-19-15-20(16-21(19)23)26-28(7,8)18(3)4/h9,11,15,17-18,20H,10,12-14,16H2,1-8H3/b11-9-. The number of carbonyl (C=O) groups is 2. The zero-order valence-electron chi connectivity index (χ0n) is 19.1. The second-order valence-electron chi connectivity index (χ2n) is 9.56. The minimum Gasteiger partial charge on any atom is -0.470 e. The molecule has 0 spiro atoms. The van der Waals surface area contributed by atoms with Gasteiger partial charge in [-0.15, -0.1) is 0 Å². The molecule has 28 heavy (non-hydrogen) atoms. The molecule has 0 amide bonds. The van der Waals surface area contributed by atoms with Gasteiger partial charge in [0.25, 0.3) is 5.59 Å². The summed E-state index contributed by atoms with van der Waals surface area (Å²) in [5.74, 6) is 0.206. The minimum atomic E-state index is -1.95. The number of ether oxygens (including phenoxy) is 1. The lowest BCUT2D eigenvalue weighted by Crippen LogP contribution is -2.41. The molecule has 1 atom stereocenters. The molecule has 4 nitrogen and oxygen atoms in total. The highest BCUT2D eigenvalue weighted by Gasteiger charge is 2.36. The maximum absolute atomic E-state index is 12.2. The van der Waals surface area contributed by atoms with Crippen molar-refractivity contribution in [3.8, 4) is 0 Å². The van der Waals surface area contributed by atoms with E-state index in [1.165, 1.54) is 0 Å². The van der Waals surface area contributed by atoms with E-state index < -0.39 is 16.4 Å². The molecule has 1 aliphatic carbocycles. The molecule has 0 aromatic rings. The van der Waals surface area contributed by atoms with Gasteiger partial charge in [0.2, 0.25) is 0 Å². The summed E-state index contributed by atoms with van der Waals surface area (Å²) in [7, 11) is -3.69. The highest BCUT2D eigenvalue weighted by molar-refractivity contribution is 7.04. The molecule has 160 valence electrons. The highest BCUT2D eigenvalue weighted by Crippen LogP contribution is 2.29. The van der Waals surface area contributed by atoms with Crippen molar-refractivity contribution in [2.45, 2.75) is 96.8 Å². The molecule has 0 bridgehead atoms. The third kappa shape index (κ3) is 7.45. The number of Topliss-reactive ketones (excluding diaryl/α,β-unsaturated/α-hetero) is 1. The third-order valence-corrected chi connectivity index (χ3v) is 14.0. The van der Waals surface area contributed by atoms with Gasteiger partial charge in [0.05, 0.1) is 12.7 Å². The van der Waals surface area contributed by atoms with Crippen molar-refractivity contribution in [3.63, 3.8) is 0 Å². The molecule has 0 saturated heterocycles. The number of carbonyl (C=O) groups excluding carboxylic acids is 2. The van der Waals surface area contributed by atoms with Gasteiger partial charge in [-0.3, -0.25) is 9.59 Å². The van der Waals surface area contributed by atoms with Crippen LogP contribution in [0.3, 0.4) is 0 Å². The smallest absolute Gasteiger partial charge is 0.271 e. The van der Waals surface area contributed by atoms with E-state index in [0.29, 0.717) is 30.5 Å². The summed E-state index contributed by atoms with van der Waals surface area (Å²) in [5, 5.41) is 0. The molecule has 1 aliphatic rings. The van der Waals surface area contributed by atoms with E-state index in [1.807, 2.05) is 12.2 Å². The second-order valence-corrected chi connectivity index (χ2v) is 19.2. The van der Waals surface area contributed by atoms with Crippen LogP contribution in [0.15, 0.2) is 23.8 Å². The van der Waals surface area contributed by atoms with Crippen LogP contribution in [0.4, 0.5) is 4.79 Å². The molecule has 0 aliphatic heterocycles. The van der Waals surface area contributed by atoms with Crippen LogP contribution >= 0.6 is 0 Å². The summed E-state index contributed by atoms with van der Waals surface area (Å²) in [4.78, 5) is 24.4. The topological polar surface area (TPSA) is 52.6 Å². The van der Waals surface area contributed by atoms with E-state index in [-0.39, 0.29) is 17.5 Å². The van der Waals surface area contributed by atoms with Gasteiger partial charge < -0.3 is 9.16 Å². The predicted octanol–water partition coefficient (Wildman–Crippen LogP) is 6.45. The number of hydrogen-bond donors (Lipinski definition) is 0. The van der Waals surface area contributed by atoms with Gasteiger partial charge in [-0.25, -0.2) is 0 Å². The Morgan fingerprint density at radius 2 is 1.79 bits per heavy atom. The molecule has 1 unspecified atom stereocenters. The van der Waals surface area contributed by atoms with E-state index >= 15 is 0 Å². The first kappa shape index (κ1) is 25.1. The molecular weight excluding hydrogens is 384 g/mol. The van der Waals surface area contributed by atoms with E-state index in [0.717, 1.165) is 18.4 Å². The first-order valence-electron chi connectivity index (χ1n) is 10.6. The van der Waals surface area contributed by atoms with Crippen LogP contribution in [0.5, 0.6) is 0 Å². The second kappa shape index (κ2) is 10.7. The lowest BCUT2D eigenvalue weighted by Gasteiger charge is -2.29. The molecule has 0 radical (unpaired) electrons. The van der Waals surface area contributed by atoms with E-state index in [9.17, 15) is 9.59 Å². The number of ketones is 1. The molecule has 0 N–H and O–H groups in total. The fourth-order valence-electron chi connectivity index (χ4n) is 2.59. The fourth-order valence-corrected chi connectivity index (χ4v) is 4.74. The Kier molecular flexibility index (Phi) is 9.57. The van der Waals surface area contributed by atoms with Gasteiger partial charge in [0.15, 0.2) is 22.2 Å². The first-order chi connectivity index (χ1) is 12.9. The van der Waals surface area contributed by atoms with Gasteiger partial charge in [0.1, 0.15) is 0 Å². The van der Waals surface area contributed by atoms with Crippen molar-refractivity contribution in [3.05, 3.63) is 23.8 Å². The van der Waals surface area contributed by atoms with Crippen LogP contribution in [-0.2, 0) is 14.0 Å². The Morgan fingerprint density at radius 1 is 1.14 bits per heavy atom. The zero-order chi connectivity index (χ0) is 21.5. The molecule has 1 rings (SSSR count).